The van der Waals surface area contributed by atoms with E-state index in [1.165, 1.54) is 0 Å². The molecule has 1 atom stereocenters. The van der Waals surface area contributed by atoms with Gasteiger partial charge in [-0.15, -0.1) is 6.58 Å². The molecule has 3 aromatic rings. The predicted octanol–water partition coefficient (Wildman–Crippen LogP) is 6.14. The van der Waals surface area contributed by atoms with Crippen LogP contribution in [0.2, 0.25) is 0 Å². The molecule has 1 unspecified atom stereocenters. The Morgan fingerprint density at radius 3 is 2.36 bits per heavy atom. The predicted molar refractivity (Wildman–Crippen MR) is 136 cm³/mol. The Labute approximate surface area is 195 Å². The van der Waals surface area contributed by atoms with Crippen molar-refractivity contribution in [1.82, 2.24) is 0 Å². The van der Waals surface area contributed by atoms with Crippen LogP contribution < -0.4 is 24.6 Å². The number of hydrogen-bond acceptors (Lipinski definition) is 4. The van der Waals surface area contributed by atoms with Crippen LogP contribution in [0.25, 0.3) is 11.1 Å². The number of hydrogen-bond donors (Lipinski definition) is 0. The fourth-order valence-corrected chi connectivity index (χ4v) is 6.54. The van der Waals surface area contributed by atoms with Gasteiger partial charge in [-0.05, 0) is 42.7 Å². The molecule has 0 fully saturated rings. The minimum Gasteiger partial charge on any atom is -0.490 e. The minimum atomic E-state index is -3.60. The van der Waals surface area contributed by atoms with Crippen LogP contribution in [0, 0.1) is 6.92 Å². The summed E-state index contributed by atoms with van der Waals surface area (Å²) in [6, 6.07) is 17.2. The van der Waals surface area contributed by atoms with Gasteiger partial charge in [0.05, 0.1) is 10.6 Å². The van der Waals surface area contributed by atoms with Crippen LogP contribution in [-0.4, -0.2) is 13.2 Å². The second-order valence-electron chi connectivity index (χ2n) is 7.73. The first-order valence-corrected chi connectivity index (χ1v) is 12.4. The van der Waals surface area contributed by atoms with Gasteiger partial charge in [-0.3, -0.25) is 4.57 Å². The van der Waals surface area contributed by atoms with E-state index in [1.807, 2.05) is 55.5 Å². The average Bonchev–Trinajstić information content (AvgIpc) is 2.83. The van der Waals surface area contributed by atoms with Gasteiger partial charge in [0.1, 0.15) is 30.5 Å². The molecule has 4 nitrogen and oxygen atoms in total. The van der Waals surface area contributed by atoms with E-state index in [9.17, 15) is 4.57 Å². The number of fused-ring (bicyclic) bond motifs is 3. The normalized spacial score (nSPS) is 16.0. The first kappa shape index (κ1) is 22.7. The van der Waals surface area contributed by atoms with Gasteiger partial charge in [0.25, 0.3) is 0 Å². The fraction of sp³-hybridized carbons (Fsp3) is 0.143. The lowest BCUT2D eigenvalue weighted by molar-refractivity contribution is 0.352. The number of benzene rings is 3. The molecule has 0 saturated heterocycles. The molecular formula is C28H27O4P. The highest BCUT2D eigenvalue weighted by Crippen LogP contribution is 2.56. The second kappa shape index (κ2) is 9.56. The van der Waals surface area contributed by atoms with E-state index in [2.05, 4.69) is 19.7 Å². The SMILES string of the molecule is C=CCOc1cc(CC=C)c(OCC=C)c(P2(=O)Oc3c(C)cccc3-c3ccccc32)c1. The summed E-state index contributed by atoms with van der Waals surface area (Å²) in [4.78, 5) is 0. The van der Waals surface area contributed by atoms with Gasteiger partial charge in [0.15, 0.2) is 0 Å². The van der Waals surface area contributed by atoms with E-state index in [4.69, 9.17) is 14.0 Å². The van der Waals surface area contributed by atoms with E-state index in [0.29, 0.717) is 40.9 Å². The molecule has 0 amide bonds. The van der Waals surface area contributed by atoms with Crippen LogP contribution in [0.4, 0.5) is 0 Å². The van der Waals surface area contributed by atoms with Crippen LogP contribution in [0.1, 0.15) is 11.1 Å². The van der Waals surface area contributed by atoms with Crippen molar-refractivity contribution in [2.75, 3.05) is 13.2 Å². The number of rotatable bonds is 9. The Kier molecular flexibility index (Phi) is 6.57. The highest BCUT2D eigenvalue weighted by molar-refractivity contribution is 7.75. The van der Waals surface area contributed by atoms with Crippen molar-refractivity contribution in [2.24, 2.45) is 0 Å². The highest BCUT2D eigenvalue weighted by atomic mass is 31.2. The smallest absolute Gasteiger partial charge is 0.311 e. The van der Waals surface area contributed by atoms with Crippen molar-refractivity contribution in [3.05, 3.63) is 104 Å². The van der Waals surface area contributed by atoms with Crippen LogP contribution >= 0.6 is 7.37 Å². The Morgan fingerprint density at radius 1 is 0.879 bits per heavy atom. The van der Waals surface area contributed by atoms with Gasteiger partial charge in [-0.25, -0.2) is 0 Å². The summed E-state index contributed by atoms with van der Waals surface area (Å²) in [5.74, 6) is 1.70. The standard InChI is InChI=1S/C28H27O4P/c1-5-11-21-18-22(30-16-6-2)19-26(28(21)31-17-7-3)33(29)25-15-9-8-13-23(25)24-14-10-12-20(4)27(24)32-33/h5-10,12-15,18-19H,1-3,11,16-17H2,4H3. The van der Waals surface area contributed by atoms with E-state index in [1.54, 1.807) is 24.3 Å². The molecule has 168 valence electrons. The maximum absolute atomic E-state index is 14.9. The monoisotopic (exact) mass is 458 g/mol. The molecule has 33 heavy (non-hydrogen) atoms. The molecule has 0 N–H and O–H groups in total. The molecule has 0 bridgehead atoms. The Balaban J connectivity index is 2.01. The first-order chi connectivity index (χ1) is 16.0. The lowest BCUT2D eigenvalue weighted by Crippen LogP contribution is -2.27. The number of allylic oxidation sites excluding steroid dienone is 1. The molecule has 1 aliphatic rings. The van der Waals surface area contributed by atoms with Crippen molar-refractivity contribution < 1.29 is 18.6 Å². The molecule has 0 radical (unpaired) electrons. The summed E-state index contributed by atoms with van der Waals surface area (Å²) in [6.07, 6.45) is 5.63. The van der Waals surface area contributed by atoms with E-state index >= 15 is 0 Å². The molecule has 1 aliphatic heterocycles. The zero-order valence-electron chi connectivity index (χ0n) is 18.8. The number of aryl methyl sites for hydroxylation is 1. The van der Waals surface area contributed by atoms with Gasteiger partial charge >= 0.3 is 7.37 Å². The molecule has 4 rings (SSSR count). The molecule has 0 aliphatic carbocycles. The molecule has 0 aromatic heterocycles. The fourth-order valence-electron chi connectivity index (χ4n) is 4.02. The topological polar surface area (TPSA) is 44.8 Å². The molecular weight excluding hydrogens is 431 g/mol. The van der Waals surface area contributed by atoms with E-state index in [-0.39, 0.29) is 6.61 Å². The van der Waals surface area contributed by atoms with Crippen LogP contribution in [0.5, 0.6) is 17.2 Å². The summed E-state index contributed by atoms with van der Waals surface area (Å²) in [7, 11) is -3.60. The van der Waals surface area contributed by atoms with Gasteiger partial charge in [0.2, 0.25) is 0 Å². The van der Waals surface area contributed by atoms with Gasteiger partial charge in [0, 0.05) is 11.1 Å². The maximum atomic E-state index is 14.9. The lowest BCUT2D eigenvalue weighted by atomic mass is 10.0. The van der Waals surface area contributed by atoms with Crippen molar-refractivity contribution in [1.29, 1.82) is 0 Å². The summed E-state index contributed by atoms with van der Waals surface area (Å²) in [5, 5.41) is 1.10. The first-order valence-electron chi connectivity index (χ1n) is 10.8. The third kappa shape index (κ3) is 4.15. The second-order valence-corrected chi connectivity index (χ2v) is 9.98. The number of para-hydroxylation sites is 1. The molecule has 3 aromatic carbocycles. The molecule has 0 saturated carbocycles. The third-order valence-corrected chi connectivity index (χ3v) is 7.89. The Hall–Kier alpha value is -3.49. The van der Waals surface area contributed by atoms with Crippen molar-refractivity contribution >= 4 is 18.0 Å². The number of ether oxygens (including phenoxy) is 2. The van der Waals surface area contributed by atoms with Crippen LogP contribution in [0.15, 0.2) is 92.6 Å². The van der Waals surface area contributed by atoms with Crippen molar-refractivity contribution in [3.8, 4) is 28.4 Å². The lowest BCUT2D eigenvalue weighted by Gasteiger charge is -2.31. The van der Waals surface area contributed by atoms with Crippen molar-refractivity contribution in [2.45, 2.75) is 13.3 Å². The van der Waals surface area contributed by atoms with Gasteiger partial charge in [-0.2, -0.15) is 0 Å². The zero-order chi connectivity index (χ0) is 23.4. The largest absolute Gasteiger partial charge is 0.490 e. The molecule has 0 spiro atoms. The minimum absolute atomic E-state index is 0.265. The van der Waals surface area contributed by atoms with Gasteiger partial charge < -0.3 is 14.0 Å². The van der Waals surface area contributed by atoms with Crippen LogP contribution in [0.3, 0.4) is 0 Å². The summed E-state index contributed by atoms with van der Waals surface area (Å²) >= 11 is 0. The van der Waals surface area contributed by atoms with Crippen molar-refractivity contribution in [3.63, 3.8) is 0 Å². The molecule has 5 heteroatoms. The summed E-state index contributed by atoms with van der Waals surface area (Å²) in [5.41, 5.74) is 3.55. The van der Waals surface area contributed by atoms with E-state index in [0.717, 1.165) is 22.3 Å². The quantitative estimate of drug-likeness (QED) is 0.285. The Morgan fingerprint density at radius 2 is 1.61 bits per heavy atom. The highest BCUT2D eigenvalue weighted by Gasteiger charge is 2.41. The maximum Gasteiger partial charge on any atom is 0.311 e. The average molecular weight is 458 g/mol. The van der Waals surface area contributed by atoms with Crippen LogP contribution in [-0.2, 0) is 11.0 Å². The summed E-state index contributed by atoms with van der Waals surface area (Å²) < 4.78 is 33.3. The summed E-state index contributed by atoms with van der Waals surface area (Å²) in [6.45, 7) is 13.9. The third-order valence-electron chi connectivity index (χ3n) is 5.46. The van der Waals surface area contributed by atoms with E-state index < -0.39 is 7.37 Å². The zero-order valence-corrected chi connectivity index (χ0v) is 19.6. The Bertz CT molecular complexity index is 1270. The van der Waals surface area contributed by atoms with Gasteiger partial charge in [-0.1, -0.05) is 67.8 Å². The molecule has 1 heterocycles.